The smallest absolute Gasteiger partial charge is 0.159 e. The number of para-hydroxylation sites is 4. The van der Waals surface area contributed by atoms with E-state index in [2.05, 4.69) is 135 Å². The van der Waals surface area contributed by atoms with Crippen molar-refractivity contribution in [2.24, 2.45) is 0 Å². The van der Waals surface area contributed by atoms with Crippen LogP contribution in [0, 0.1) is 11.6 Å². The summed E-state index contributed by atoms with van der Waals surface area (Å²) in [5.41, 5.74) is 16.9. The number of halogens is 2. The maximum Gasteiger partial charge on any atom is 0.159 e. The fourth-order valence-electron chi connectivity index (χ4n) is 12.5. The van der Waals surface area contributed by atoms with Crippen LogP contribution in [-0.2, 0) is 10.8 Å². The number of anilines is 6. The topological polar surface area (TPSA) is 58.0 Å². The highest BCUT2D eigenvalue weighted by Gasteiger charge is 2.43. The lowest BCUT2D eigenvalue weighted by Gasteiger charge is -2.27. The average molecular weight is 1040 g/mol. The molecular formula is C72H52F2N6. The molecule has 12 aromatic rings. The number of benzene rings is 10. The molecule has 0 aliphatic heterocycles. The molecule has 384 valence electrons. The lowest BCUT2D eigenvalue weighted by molar-refractivity contribution is 0.630. The van der Waals surface area contributed by atoms with Gasteiger partial charge in [0.15, 0.2) is 11.6 Å². The molecule has 2 aromatic heterocycles. The maximum atomic E-state index is 16.9. The summed E-state index contributed by atoms with van der Waals surface area (Å²) in [4.78, 5) is 24.3. The maximum absolute atomic E-state index is 16.9. The van der Waals surface area contributed by atoms with Crippen molar-refractivity contribution in [3.05, 3.63) is 277 Å². The molecule has 14 rings (SSSR count). The molecule has 8 heteroatoms. The second kappa shape index (κ2) is 18.9. The monoisotopic (exact) mass is 1040 g/mol. The number of nitrogens with zero attached hydrogens (tertiary/aromatic N) is 6. The minimum absolute atomic E-state index is 0.333. The molecule has 2 aliphatic rings. The highest BCUT2D eigenvalue weighted by Crippen LogP contribution is 2.60. The van der Waals surface area contributed by atoms with Gasteiger partial charge in [0.25, 0.3) is 0 Å². The molecule has 0 radical (unpaired) electrons. The molecule has 0 bridgehead atoms. The van der Waals surface area contributed by atoms with Gasteiger partial charge in [0, 0.05) is 67.0 Å². The van der Waals surface area contributed by atoms with Crippen LogP contribution in [0.15, 0.2) is 243 Å². The molecule has 0 unspecified atom stereocenters. The Hall–Kier alpha value is -9.92. The predicted molar refractivity (Wildman–Crippen MR) is 321 cm³/mol. The van der Waals surface area contributed by atoms with Crippen LogP contribution in [-0.4, -0.2) is 19.9 Å². The quantitative estimate of drug-likeness (QED) is 0.136. The van der Waals surface area contributed by atoms with Gasteiger partial charge in [-0.1, -0.05) is 161 Å². The molecule has 0 N–H and O–H groups in total. The molecule has 0 saturated heterocycles. The lowest BCUT2D eigenvalue weighted by atomic mass is 9.76. The minimum atomic E-state index is -0.585. The molecular weight excluding hydrogens is 987 g/mol. The number of hydrogen-bond acceptors (Lipinski definition) is 6. The largest absolute Gasteiger partial charge is 0.308 e. The molecule has 10 aromatic carbocycles. The zero-order valence-corrected chi connectivity index (χ0v) is 44.5. The second-order valence-electron chi connectivity index (χ2n) is 21.7. The number of rotatable bonds is 10. The third kappa shape index (κ3) is 7.81. The Balaban J connectivity index is 0.918. The van der Waals surface area contributed by atoms with Gasteiger partial charge in [0.05, 0.1) is 36.2 Å². The first-order valence-corrected chi connectivity index (χ1v) is 27.0. The summed E-state index contributed by atoms with van der Waals surface area (Å²) in [5.74, 6) is 0.515. The van der Waals surface area contributed by atoms with Crippen LogP contribution in [0.4, 0.5) is 42.9 Å². The van der Waals surface area contributed by atoms with Crippen molar-refractivity contribution in [3.8, 4) is 67.3 Å². The minimum Gasteiger partial charge on any atom is -0.308 e. The zero-order chi connectivity index (χ0) is 54.3. The first-order chi connectivity index (χ1) is 39.0. The summed E-state index contributed by atoms with van der Waals surface area (Å²) >= 11 is 0. The fourth-order valence-corrected chi connectivity index (χ4v) is 12.5. The van der Waals surface area contributed by atoms with E-state index in [0.29, 0.717) is 22.8 Å². The molecule has 80 heavy (non-hydrogen) atoms. The van der Waals surface area contributed by atoms with Crippen LogP contribution >= 0.6 is 0 Å². The molecule has 0 saturated carbocycles. The van der Waals surface area contributed by atoms with Crippen molar-refractivity contribution in [2.75, 3.05) is 9.80 Å². The van der Waals surface area contributed by atoms with E-state index in [1.54, 1.807) is 12.1 Å². The van der Waals surface area contributed by atoms with Gasteiger partial charge in [-0.2, -0.15) is 0 Å². The van der Waals surface area contributed by atoms with Crippen LogP contribution in [0.25, 0.3) is 78.1 Å². The SMILES string of the molecule is CC1(C)c2cc(-c3ncc(N(c4ccccc4)c4ccccc4)cn3)ccc2-c2c1cc1c(-c3ccccc3F)c3c(cc1c2-c1ccccc1F)C(C)(C)c1cc(-c2ncc(N(c4ccccc4)c4ccccc4)cn2)ccc1-3. The van der Waals surface area contributed by atoms with E-state index in [1.807, 2.05) is 122 Å². The van der Waals surface area contributed by atoms with E-state index < -0.39 is 10.8 Å². The van der Waals surface area contributed by atoms with Crippen molar-refractivity contribution >= 4 is 44.9 Å². The van der Waals surface area contributed by atoms with E-state index in [-0.39, 0.29) is 11.6 Å². The molecule has 0 atom stereocenters. The van der Waals surface area contributed by atoms with Gasteiger partial charge in [-0.15, -0.1) is 0 Å². The van der Waals surface area contributed by atoms with E-state index in [0.717, 1.165) is 112 Å². The van der Waals surface area contributed by atoms with Crippen molar-refractivity contribution in [1.82, 2.24) is 19.9 Å². The van der Waals surface area contributed by atoms with Gasteiger partial charge < -0.3 is 9.80 Å². The van der Waals surface area contributed by atoms with Crippen LogP contribution in [0.1, 0.15) is 49.9 Å². The normalized spacial score (nSPS) is 13.3. The first kappa shape index (κ1) is 48.5. The summed E-state index contributed by atoms with van der Waals surface area (Å²) in [6, 6.07) is 72.3. The Bertz CT molecular complexity index is 4000. The van der Waals surface area contributed by atoms with Gasteiger partial charge in [0.2, 0.25) is 0 Å². The highest BCUT2D eigenvalue weighted by molar-refractivity contribution is 6.17. The van der Waals surface area contributed by atoms with Gasteiger partial charge in [-0.25, -0.2) is 28.7 Å². The lowest BCUT2D eigenvalue weighted by Crippen LogP contribution is -2.16. The highest BCUT2D eigenvalue weighted by atomic mass is 19.1. The van der Waals surface area contributed by atoms with Crippen molar-refractivity contribution in [3.63, 3.8) is 0 Å². The Labute approximate surface area is 464 Å². The van der Waals surface area contributed by atoms with Gasteiger partial charge in [-0.3, -0.25) is 0 Å². The van der Waals surface area contributed by atoms with E-state index in [1.165, 1.54) is 12.1 Å². The Morgan fingerprint density at radius 1 is 0.300 bits per heavy atom. The van der Waals surface area contributed by atoms with Crippen molar-refractivity contribution in [2.45, 2.75) is 38.5 Å². The molecule has 0 amide bonds. The summed E-state index contributed by atoms with van der Waals surface area (Å²) in [6.07, 6.45) is 7.50. The van der Waals surface area contributed by atoms with Crippen LogP contribution in [0.2, 0.25) is 0 Å². The summed E-state index contributed by atoms with van der Waals surface area (Å²) in [7, 11) is 0. The van der Waals surface area contributed by atoms with E-state index in [9.17, 15) is 0 Å². The predicted octanol–water partition coefficient (Wildman–Crippen LogP) is 18.9. The number of fused-ring (bicyclic) bond motifs is 7. The third-order valence-corrected chi connectivity index (χ3v) is 16.4. The summed E-state index contributed by atoms with van der Waals surface area (Å²) < 4.78 is 33.8. The average Bonchev–Trinajstić information content (AvgIpc) is 4.10. The third-order valence-electron chi connectivity index (χ3n) is 16.4. The molecule has 2 heterocycles. The first-order valence-electron chi connectivity index (χ1n) is 27.0. The summed E-state index contributed by atoms with van der Waals surface area (Å²) in [5, 5.41) is 1.70. The molecule has 0 fully saturated rings. The molecule has 2 aliphatic carbocycles. The summed E-state index contributed by atoms with van der Waals surface area (Å²) in [6.45, 7) is 8.91. The Morgan fingerprint density at radius 3 is 0.938 bits per heavy atom. The van der Waals surface area contributed by atoms with Gasteiger partial charge in [-0.05, 0) is 140 Å². The number of hydrogen-bond donors (Lipinski definition) is 0. The van der Waals surface area contributed by atoms with E-state index in [4.69, 9.17) is 19.9 Å². The Kier molecular flexibility index (Phi) is 11.5. The Morgan fingerprint density at radius 2 is 0.613 bits per heavy atom. The van der Waals surface area contributed by atoms with Gasteiger partial charge >= 0.3 is 0 Å². The second-order valence-corrected chi connectivity index (χ2v) is 21.7. The van der Waals surface area contributed by atoms with Crippen molar-refractivity contribution < 1.29 is 8.78 Å². The van der Waals surface area contributed by atoms with Crippen molar-refractivity contribution in [1.29, 1.82) is 0 Å². The zero-order valence-electron chi connectivity index (χ0n) is 44.5. The van der Waals surface area contributed by atoms with E-state index >= 15 is 8.78 Å². The van der Waals surface area contributed by atoms with Crippen LogP contribution in [0.3, 0.4) is 0 Å². The van der Waals surface area contributed by atoms with Crippen LogP contribution < -0.4 is 9.80 Å². The van der Waals surface area contributed by atoms with Gasteiger partial charge in [0.1, 0.15) is 11.6 Å². The molecule has 0 spiro atoms. The molecule has 6 nitrogen and oxygen atoms in total. The number of aromatic nitrogens is 4. The fraction of sp³-hybridized carbons (Fsp3) is 0.0833. The van der Waals surface area contributed by atoms with Crippen LogP contribution in [0.5, 0.6) is 0 Å². The standard InChI is InChI=1S/C72H52F2N6/c1-71(2)59-37-45(69-75-41-51(42-76-69)79(47-21-9-5-10-22-47)48-23-11-6-12-24-48)33-35-53(59)67-61(71)39-57-58(65(67)55-29-17-19-31-63(55)73)40-62-68(66(57)56-30-18-20-32-64(56)74)54-36-34-46(38-60(54)72(62,3)4)70-77-43-52(44-78-70)80(49-25-13-7-14-26-49)50-27-15-8-16-28-50/h5-44H,1-4H3.